The van der Waals surface area contributed by atoms with Crippen LogP contribution in [0.5, 0.6) is 0 Å². The van der Waals surface area contributed by atoms with Crippen LogP contribution < -0.4 is 5.32 Å². The zero-order chi connectivity index (χ0) is 13.8. The number of likely N-dealkylation sites (tertiary alicyclic amines) is 1. The normalized spacial score (nSPS) is 19.3. The van der Waals surface area contributed by atoms with E-state index in [9.17, 15) is 9.18 Å². The maximum atomic E-state index is 13.0. The maximum absolute atomic E-state index is 13.0. The van der Waals surface area contributed by atoms with Crippen molar-refractivity contribution >= 4 is 17.6 Å². The van der Waals surface area contributed by atoms with Crippen LogP contribution in [0.2, 0.25) is 5.02 Å². The predicted molar refractivity (Wildman–Crippen MR) is 73.6 cm³/mol. The van der Waals surface area contributed by atoms with Gasteiger partial charge in [0.25, 0.3) is 0 Å². The van der Waals surface area contributed by atoms with Gasteiger partial charge in [0, 0.05) is 19.6 Å². The molecule has 0 aromatic heterocycles. The molecule has 1 aromatic carbocycles. The third kappa shape index (κ3) is 3.83. The minimum Gasteiger partial charge on any atom is -0.334 e. The molecule has 1 fully saturated rings. The lowest BCUT2D eigenvalue weighted by atomic mass is 10.0. The zero-order valence-electron chi connectivity index (χ0n) is 11.0. The highest BCUT2D eigenvalue weighted by Crippen LogP contribution is 2.17. The van der Waals surface area contributed by atoms with Gasteiger partial charge in [-0.05, 0) is 36.5 Å². The van der Waals surface area contributed by atoms with E-state index in [2.05, 4.69) is 12.2 Å². The summed E-state index contributed by atoms with van der Waals surface area (Å²) in [6, 6.07) is 4.41. The number of carbonyl (C=O) groups excluding carboxylic acids is 1. The van der Waals surface area contributed by atoms with Crippen molar-refractivity contribution in [1.82, 2.24) is 10.2 Å². The van der Waals surface area contributed by atoms with E-state index in [1.807, 2.05) is 4.90 Å². The molecule has 3 nitrogen and oxygen atoms in total. The molecule has 2 rings (SSSR count). The first kappa shape index (κ1) is 14.1. The van der Waals surface area contributed by atoms with Gasteiger partial charge in [-0.2, -0.15) is 0 Å². The summed E-state index contributed by atoms with van der Waals surface area (Å²) in [5.74, 6) is 0.112. The number of urea groups is 1. The summed E-state index contributed by atoms with van der Waals surface area (Å²) in [4.78, 5) is 13.8. The van der Waals surface area contributed by atoms with Gasteiger partial charge < -0.3 is 10.2 Å². The van der Waals surface area contributed by atoms with Gasteiger partial charge in [0.15, 0.2) is 0 Å². The molecular weight excluding hydrogens is 267 g/mol. The fourth-order valence-electron chi connectivity index (χ4n) is 2.31. The zero-order valence-corrected chi connectivity index (χ0v) is 11.7. The first-order valence-corrected chi connectivity index (χ1v) is 6.91. The number of halogens is 2. The fraction of sp³-hybridized carbons (Fsp3) is 0.500. The number of benzene rings is 1. The third-order valence-electron chi connectivity index (χ3n) is 3.37. The van der Waals surface area contributed by atoms with Crippen LogP contribution in [0.1, 0.15) is 25.3 Å². The molecule has 5 heteroatoms. The SMILES string of the molecule is CC1CCCN(C(=O)NCc2ccc(F)c(Cl)c2)C1. The predicted octanol–water partition coefficient (Wildman–Crippen LogP) is 3.42. The van der Waals surface area contributed by atoms with E-state index >= 15 is 0 Å². The molecule has 1 saturated heterocycles. The monoisotopic (exact) mass is 284 g/mol. The van der Waals surface area contributed by atoms with E-state index < -0.39 is 5.82 Å². The van der Waals surface area contributed by atoms with Gasteiger partial charge >= 0.3 is 6.03 Å². The lowest BCUT2D eigenvalue weighted by Crippen LogP contribution is -2.44. The highest BCUT2D eigenvalue weighted by Gasteiger charge is 2.20. The fourth-order valence-corrected chi connectivity index (χ4v) is 2.52. The summed E-state index contributed by atoms with van der Waals surface area (Å²) in [6.45, 7) is 4.12. The minimum absolute atomic E-state index is 0.0630. The molecule has 1 aromatic rings. The topological polar surface area (TPSA) is 32.3 Å². The van der Waals surface area contributed by atoms with E-state index in [4.69, 9.17) is 11.6 Å². The van der Waals surface area contributed by atoms with Gasteiger partial charge in [-0.3, -0.25) is 0 Å². The Balaban J connectivity index is 1.87. The average molecular weight is 285 g/mol. The molecule has 0 spiro atoms. The summed E-state index contributed by atoms with van der Waals surface area (Å²) < 4.78 is 13.0. The maximum Gasteiger partial charge on any atom is 0.317 e. The summed E-state index contributed by atoms with van der Waals surface area (Å²) in [5.41, 5.74) is 0.796. The number of carbonyl (C=O) groups is 1. The van der Waals surface area contributed by atoms with Gasteiger partial charge in [0.1, 0.15) is 5.82 Å². The van der Waals surface area contributed by atoms with E-state index in [-0.39, 0.29) is 11.1 Å². The summed E-state index contributed by atoms with van der Waals surface area (Å²) in [5, 5.41) is 2.92. The largest absolute Gasteiger partial charge is 0.334 e. The third-order valence-corrected chi connectivity index (χ3v) is 3.66. The van der Waals surface area contributed by atoms with Gasteiger partial charge in [-0.15, -0.1) is 0 Å². The van der Waals surface area contributed by atoms with Crippen molar-refractivity contribution in [3.05, 3.63) is 34.6 Å². The van der Waals surface area contributed by atoms with E-state index in [0.29, 0.717) is 12.5 Å². The van der Waals surface area contributed by atoms with E-state index in [1.54, 1.807) is 6.07 Å². The van der Waals surface area contributed by atoms with Crippen LogP contribution in [0.15, 0.2) is 18.2 Å². The molecule has 1 heterocycles. The van der Waals surface area contributed by atoms with Gasteiger partial charge in [-0.1, -0.05) is 24.6 Å². The summed E-state index contributed by atoms with van der Waals surface area (Å²) >= 11 is 5.70. The lowest BCUT2D eigenvalue weighted by molar-refractivity contribution is 0.169. The Kier molecular flexibility index (Phi) is 4.64. The molecular formula is C14H18ClFN2O. The second kappa shape index (κ2) is 6.24. The molecule has 0 radical (unpaired) electrons. The van der Waals surface area contributed by atoms with Crippen molar-refractivity contribution < 1.29 is 9.18 Å². The number of nitrogens with zero attached hydrogens (tertiary/aromatic N) is 1. The Morgan fingerprint density at radius 2 is 2.37 bits per heavy atom. The molecule has 1 atom stereocenters. The van der Waals surface area contributed by atoms with Gasteiger partial charge in [0.05, 0.1) is 5.02 Å². The Labute approximate surface area is 117 Å². The molecule has 0 bridgehead atoms. The molecule has 1 N–H and O–H groups in total. The van der Waals surface area contributed by atoms with Crippen LogP contribution in [0.3, 0.4) is 0 Å². The molecule has 1 aliphatic rings. The highest BCUT2D eigenvalue weighted by atomic mass is 35.5. The number of amides is 2. The van der Waals surface area contributed by atoms with Crippen molar-refractivity contribution in [3.63, 3.8) is 0 Å². The first-order valence-electron chi connectivity index (χ1n) is 6.53. The van der Waals surface area contributed by atoms with Crippen molar-refractivity contribution in [3.8, 4) is 0 Å². The lowest BCUT2D eigenvalue weighted by Gasteiger charge is -2.30. The Bertz CT molecular complexity index is 467. The van der Waals surface area contributed by atoms with Crippen LogP contribution in [-0.2, 0) is 6.54 Å². The number of nitrogens with one attached hydrogen (secondary N) is 1. The van der Waals surface area contributed by atoms with Crippen LogP contribution in [-0.4, -0.2) is 24.0 Å². The smallest absolute Gasteiger partial charge is 0.317 e. The average Bonchev–Trinajstić information content (AvgIpc) is 2.40. The molecule has 2 amide bonds. The van der Waals surface area contributed by atoms with E-state index in [0.717, 1.165) is 25.1 Å². The number of hydrogen-bond donors (Lipinski definition) is 1. The summed E-state index contributed by atoms with van der Waals surface area (Å²) in [7, 11) is 0. The second-order valence-electron chi connectivity index (χ2n) is 5.10. The number of hydrogen-bond acceptors (Lipinski definition) is 1. The number of piperidine rings is 1. The Morgan fingerprint density at radius 3 is 3.05 bits per heavy atom. The Morgan fingerprint density at radius 1 is 1.58 bits per heavy atom. The van der Waals surface area contributed by atoms with Crippen molar-refractivity contribution in [2.45, 2.75) is 26.3 Å². The molecule has 104 valence electrons. The van der Waals surface area contributed by atoms with E-state index in [1.165, 1.54) is 18.6 Å². The molecule has 1 aliphatic heterocycles. The van der Waals surface area contributed by atoms with Crippen LogP contribution in [0.4, 0.5) is 9.18 Å². The molecule has 0 saturated carbocycles. The van der Waals surface area contributed by atoms with Crippen molar-refractivity contribution in [1.29, 1.82) is 0 Å². The van der Waals surface area contributed by atoms with Gasteiger partial charge in [0.2, 0.25) is 0 Å². The summed E-state index contributed by atoms with van der Waals surface area (Å²) in [6.07, 6.45) is 2.23. The van der Waals surface area contributed by atoms with Crippen molar-refractivity contribution in [2.24, 2.45) is 5.92 Å². The van der Waals surface area contributed by atoms with Crippen molar-refractivity contribution in [2.75, 3.05) is 13.1 Å². The minimum atomic E-state index is -0.443. The van der Waals surface area contributed by atoms with Crippen LogP contribution in [0.25, 0.3) is 0 Å². The molecule has 1 unspecified atom stereocenters. The molecule has 19 heavy (non-hydrogen) atoms. The quantitative estimate of drug-likeness (QED) is 0.887. The highest BCUT2D eigenvalue weighted by molar-refractivity contribution is 6.30. The standard InChI is InChI=1S/C14H18ClFN2O/c1-10-3-2-6-18(9-10)14(19)17-8-11-4-5-13(16)12(15)7-11/h4-5,7,10H,2-3,6,8-9H2,1H3,(H,17,19). The van der Waals surface area contributed by atoms with Crippen LogP contribution in [0, 0.1) is 11.7 Å². The number of rotatable bonds is 2. The van der Waals surface area contributed by atoms with Crippen LogP contribution >= 0.6 is 11.6 Å². The second-order valence-corrected chi connectivity index (χ2v) is 5.51. The molecule has 0 aliphatic carbocycles. The first-order chi connectivity index (χ1) is 9.06. The Hall–Kier alpha value is -1.29. The van der Waals surface area contributed by atoms with Gasteiger partial charge in [-0.25, -0.2) is 9.18 Å².